The van der Waals surface area contributed by atoms with Crippen molar-refractivity contribution in [1.82, 2.24) is 4.90 Å². The molecule has 0 aliphatic heterocycles. The Labute approximate surface area is 145 Å². The number of hydrogen-bond acceptors (Lipinski definition) is 3. The van der Waals surface area contributed by atoms with E-state index in [2.05, 4.69) is 0 Å². The van der Waals surface area contributed by atoms with Crippen molar-refractivity contribution in [2.45, 2.75) is 26.7 Å². The molecule has 4 nitrogen and oxygen atoms in total. The number of carbonyl (C=O) groups excluding carboxylic acids is 2. The number of hydrogen-bond donors (Lipinski definition) is 0. The Bertz CT molecular complexity index is 778. The van der Waals surface area contributed by atoms with Gasteiger partial charge in [0.25, 0.3) is 5.91 Å². The molecule has 2 rings (SSSR count). The Balaban J connectivity index is 2.05. The van der Waals surface area contributed by atoms with Crippen LogP contribution in [0.1, 0.15) is 37.0 Å². The fraction of sp³-hybridized carbons (Fsp3) is 0.421. The van der Waals surface area contributed by atoms with Gasteiger partial charge in [-0.3, -0.25) is 9.59 Å². The van der Waals surface area contributed by atoms with Gasteiger partial charge in [0.2, 0.25) is 0 Å². The molecule has 0 unspecified atom stereocenters. The first-order valence-electron chi connectivity index (χ1n) is 8.03. The third-order valence-electron chi connectivity index (χ3n) is 4.50. The number of rotatable bonds is 4. The van der Waals surface area contributed by atoms with Crippen molar-refractivity contribution in [3.05, 3.63) is 47.0 Å². The first kappa shape index (κ1) is 18.8. The van der Waals surface area contributed by atoms with Crippen LogP contribution in [0.2, 0.25) is 0 Å². The first-order chi connectivity index (χ1) is 11.7. The second kappa shape index (κ2) is 7.14. The van der Waals surface area contributed by atoms with E-state index in [1.807, 2.05) is 6.07 Å². The summed E-state index contributed by atoms with van der Waals surface area (Å²) < 4.78 is 26.7. The van der Waals surface area contributed by atoms with E-state index >= 15 is 0 Å². The van der Waals surface area contributed by atoms with Crippen molar-refractivity contribution in [3.8, 4) is 6.07 Å². The molecule has 1 aliphatic carbocycles. The molecule has 0 spiro atoms. The molecule has 0 aromatic heterocycles. The molecule has 0 heterocycles. The highest BCUT2D eigenvalue weighted by Crippen LogP contribution is 2.36. The van der Waals surface area contributed by atoms with Gasteiger partial charge in [-0.05, 0) is 30.9 Å². The Morgan fingerprint density at radius 2 is 2.08 bits per heavy atom. The van der Waals surface area contributed by atoms with Crippen LogP contribution in [0.15, 0.2) is 29.8 Å². The third kappa shape index (κ3) is 4.11. The molecule has 1 aromatic rings. The van der Waals surface area contributed by atoms with E-state index in [4.69, 9.17) is 5.26 Å². The summed E-state index contributed by atoms with van der Waals surface area (Å²) in [7, 11) is 1.54. The van der Waals surface area contributed by atoms with Crippen LogP contribution >= 0.6 is 0 Å². The number of nitrogens with zero attached hydrogens (tertiary/aromatic N) is 2. The average molecular weight is 346 g/mol. The molecular formula is C19H20F2N2O2. The summed E-state index contributed by atoms with van der Waals surface area (Å²) in [5.74, 6) is -2.35. The largest absolute Gasteiger partial charge is 0.342 e. The second-order valence-corrected chi connectivity index (χ2v) is 7.01. The molecule has 132 valence electrons. The lowest BCUT2D eigenvalue weighted by Gasteiger charge is -2.32. The van der Waals surface area contributed by atoms with Gasteiger partial charge < -0.3 is 4.90 Å². The number of ketones is 1. The summed E-state index contributed by atoms with van der Waals surface area (Å²) in [5.41, 5.74) is -0.646. The summed E-state index contributed by atoms with van der Waals surface area (Å²) >= 11 is 0. The van der Waals surface area contributed by atoms with Crippen LogP contribution in [-0.2, 0) is 4.79 Å². The molecule has 25 heavy (non-hydrogen) atoms. The lowest BCUT2D eigenvalue weighted by atomic mass is 9.71. The lowest BCUT2D eigenvalue weighted by Crippen LogP contribution is -2.34. The molecule has 1 aliphatic rings. The minimum Gasteiger partial charge on any atom is -0.342 e. The van der Waals surface area contributed by atoms with Crippen LogP contribution in [0.25, 0.3) is 0 Å². The first-order valence-corrected chi connectivity index (χ1v) is 8.03. The van der Waals surface area contributed by atoms with Crippen LogP contribution < -0.4 is 0 Å². The Morgan fingerprint density at radius 1 is 1.40 bits per heavy atom. The van der Waals surface area contributed by atoms with Gasteiger partial charge in [-0.25, -0.2) is 8.78 Å². The summed E-state index contributed by atoms with van der Waals surface area (Å²) in [6, 6.07) is 4.78. The van der Waals surface area contributed by atoms with Gasteiger partial charge in [-0.1, -0.05) is 19.9 Å². The van der Waals surface area contributed by atoms with Crippen LogP contribution in [-0.4, -0.2) is 30.2 Å². The molecule has 0 N–H and O–H groups in total. The molecule has 1 atom stereocenters. The predicted octanol–water partition coefficient (Wildman–Crippen LogP) is 3.49. The smallest absolute Gasteiger partial charge is 0.256 e. The monoisotopic (exact) mass is 346 g/mol. The van der Waals surface area contributed by atoms with Crippen molar-refractivity contribution >= 4 is 11.7 Å². The number of halogens is 2. The van der Waals surface area contributed by atoms with Gasteiger partial charge in [0.1, 0.15) is 17.7 Å². The standard InChI is InChI=1S/C19H20F2N2O2/c1-19(2)10-12(8-13(11-22)17(19)24)6-7-23(3)18(25)15-5-4-14(20)9-16(15)21/h4-5,8-9,12H,6-7,10H2,1-3H3/t12-/m1/s1. The van der Waals surface area contributed by atoms with E-state index in [0.717, 1.165) is 12.1 Å². The molecule has 1 aromatic carbocycles. The maximum atomic E-state index is 13.7. The maximum Gasteiger partial charge on any atom is 0.256 e. The van der Waals surface area contributed by atoms with Crippen molar-refractivity contribution in [2.24, 2.45) is 11.3 Å². The highest BCUT2D eigenvalue weighted by molar-refractivity contribution is 6.03. The van der Waals surface area contributed by atoms with Crippen molar-refractivity contribution in [1.29, 1.82) is 5.26 Å². The Kier molecular flexibility index (Phi) is 5.36. The van der Waals surface area contributed by atoms with Gasteiger partial charge >= 0.3 is 0 Å². The highest BCUT2D eigenvalue weighted by atomic mass is 19.1. The number of carbonyl (C=O) groups is 2. The number of amides is 1. The van der Waals surface area contributed by atoms with Crippen LogP contribution in [0, 0.1) is 34.3 Å². The fourth-order valence-electron chi connectivity index (χ4n) is 3.09. The van der Waals surface area contributed by atoms with Crippen LogP contribution in [0.4, 0.5) is 8.78 Å². The van der Waals surface area contributed by atoms with E-state index in [9.17, 15) is 18.4 Å². The summed E-state index contributed by atoms with van der Waals surface area (Å²) in [4.78, 5) is 25.7. The van der Waals surface area contributed by atoms with Gasteiger partial charge in [0, 0.05) is 25.1 Å². The van der Waals surface area contributed by atoms with Crippen molar-refractivity contribution in [2.75, 3.05) is 13.6 Å². The zero-order valence-electron chi connectivity index (χ0n) is 14.5. The van der Waals surface area contributed by atoms with Crippen molar-refractivity contribution < 1.29 is 18.4 Å². The predicted molar refractivity (Wildman–Crippen MR) is 88.5 cm³/mol. The number of nitriles is 1. The van der Waals surface area contributed by atoms with Crippen LogP contribution in [0.5, 0.6) is 0 Å². The lowest BCUT2D eigenvalue weighted by molar-refractivity contribution is -0.124. The van der Waals surface area contributed by atoms with E-state index in [1.165, 1.54) is 4.90 Å². The van der Waals surface area contributed by atoms with Gasteiger partial charge in [-0.2, -0.15) is 5.26 Å². The molecule has 6 heteroatoms. The van der Waals surface area contributed by atoms with Crippen molar-refractivity contribution in [3.63, 3.8) is 0 Å². The summed E-state index contributed by atoms with van der Waals surface area (Å²) in [5, 5.41) is 9.10. The Morgan fingerprint density at radius 3 is 2.68 bits per heavy atom. The molecular weight excluding hydrogens is 326 g/mol. The molecule has 0 saturated carbocycles. The number of allylic oxidation sites excluding steroid dienone is 2. The minimum absolute atomic E-state index is 0.0179. The van der Waals surface area contributed by atoms with E-state index in [0.29, 0.717) is 25.5 Å². The molecule has 0 fully saturated rings. The maximum absolute atomic E-state index is 13.7. The Hall–Kier alpha value is -2.55. The minimum atomic E-state index is -0.895. The SMILES string of the molecule is CN(CC[C@@H]1C=C(C#N)C(=O)C(C)(C)C1)C(=O)c1ccc(F)cc1F. The average Bonchev–Trinajstić information content (AvgIpc) is 2.54. The zero-order chi connectivity index (χ0) is 18.8. The topological polar surface area (TPSA) is 61.2 Å². The van der Waals surface area contributed by atoms with E-state index < -0.39 is 23.0 Å². The molecule has 0 bridgehead atoms. The van der Waals surface area contributed by atoms with Crippen LogP contribution in [0.3, 0.4) is 0 Å². The van der Waals surface area contributed by atoms with Gasteiger partial charge in [0.15, 0.2) is 5.78 Å². The number of Topliss-reactive ketones (excluding diaryl/α,β-unsaturated/α-hetero) is 1. The summed E-state index contributed by atoms with van der Waals surface area (Å²) in [6.07, 6.45) is 2.79. The highest BCUT2D eigenvalue weighted by Gasteiger charge is 2.36. The quantitative estimate of drug-likeness (QED) is 0.838. The number of benzene rings is 1. The van der Waals surface area contributed by atoms with Gasteiger partial charge in [-0.15, -0.1) is 0 Å². The fourth-order valence-corrected chi connectivity index (χ4v) is 3.09. The second-order valence-electron chi connectivity index (χ2n) is 7.01. The van der Waals surface area contributed by atoms with Gasteiger partial charge in [0.05, 0.1) is 11.1 Å². The normalized spacial score (nSPS) is 19.1. The van der Waals surface area contributed by atoms with E-state index in [-0.39, 0.29) is 22.8 Å². The third-order valence-corrected chi connectivity index (χ3v) is 4.50. The molecule has 0 radical (unpaired) electrons. The zero-order valence-corrected chi connectivity index (χ0v) is 14.5. The molecule has 0 saturated heterocycles. The summed E-state index contributed by atoms with van der Waals surface area (Å²) in [6.45, 7) is 3.94. The molecule has 1 amide bonds. The van der Waals surface area contributed by atoms with E-state index in [1.54, 1.807) is 27.0 Å².